The molecule has 0 aliphatic carbocycles. The predicted molar refractivity (Wildman–Crippen MR) is 104 cm³/mol. The minimum absolute atomic E-state index is 0.130. The Morgan fingerprint density at radius 2 is 1.75 bits per heavy atom. The topological polar surface area (TPSA) is 131 Å². The molecule has 4 amide bonds. The number of primary amides is 1. The van der Waals surface area contributed by atoms with Crippen molar-refractivity contribution >= 4 is 23.8 Å². The van der Waals surface area contributed by atoms with E-state index in [9.17, 15) is 19.2 Å². The van der Waals surface area contributed by atoms with Gasteiger partial charge in [-0.25, -0.2) is 4.79 Å². The molecule has 28 heavy (non-hydrogen) atoms. The summed E-state index contributed by atoms with van der Waals surface area (Å²) in [5.41, 5.74) is 4.53. The fourth-order valence-corrected chi connectivity index (χ4v) is 2.93. The molecule has 1 aliphatic heterocycles. The van der Waals surface area contributed by atoms with Gasteiger partial charge in [0, 0.05) is 6.54 Å². The van der Waals surface area contributed by atoms with Crippen molar-refractivity contribution in [3.05, 3.63) is 0 Å². The maximum absolute atomic E-state index is 12.8. The van der Waals surface area contributed by atoms with Crippen LogP contribution in [0.3, 0.4) is 0 Å². The first-order valence-corrected chi connectivity index (χ1v) is 9.71. The second-order valence-electron chi connectivity index (χ2n) is 8.66. The number of carbonyl (C=O) groups is 4. The number of ether oxygens (including phenoxy) is 1. The highest BCUT2D eigenvalue weighted by Crippen LogP contribution is 2.21. The van der Waals surface area contributed by atoms with Crippen LogP contribution in [0.15, 0.2) is 0 Å². The summed E-state index contributed by atoms with van der Waals surface area (Å²) in [5, 5.41) is 5.24. The van der Waals surface area contributed by atoms with E-state index >= 15 is 0 Å². The molecule has 160 valence electrons. The van der Waals surface area contributed by atoms with Crippen LogP contribution in [0, 0.1) is 5.92 Å². The summed E-state index contributed by atoms with van der Waals surface area (Å²) in [6.45, 7) is 11.0. The van der Waals surface area contributed by atoms with E-state index in [-0.39, 0.29) is 5.92 Å². The van der Waals surface area contributed by atoms with Crippen molar-refractivity contribution < 1.29 is 23.9 Å². The van der Waals surface area contributed by atoms with Crippen molar-refractivity contribution in [3.8, 4) is 0 Å². The maximum Gasteiger partial charge on any atom is 0.410 e. The number of nitrogens with two attached hydrogens (primary N) is 1. The second kappa shape index (κ2) is 9.75. The summed E-state index contributed by atoms with van der Waals surface area (Å²) >= 11 is 0. The fourth-order valence-electron chi connectivity index (χ4n) is 2.93. The average Bonchev–Trinajstić information content (AvgIpc) is 3.01. The van der Waals surface area contributed by atoms with E-state index in [2.05, 4.69) is 10.6 Å². The molecule has 9 nitrogen and oxygen atoms in total. The molecule has 1 heterocycles. The lowest BCUT2D eigenvalue weighted by atomic mass is 10.0. The molecule has 0 unspecified atom stereocenters. The van der Waals surface area contributed by atoms with Crippen LogP contribution < -0.4 is 16.4 Å². The van der Waals surface area contributed by atoms with Crippen molar-refractivity contribution in [2.75, 3.05) is 6.54 Å². The summed E-state index contributed by atoms with van der Waals surface area (Å²) in [5.74, 6) is -1.41. The first-order valence-electron chi connectivity index (χ1n) is 9.71. The Morgan fingerprint density at radius 1 is 1.14 bits per heavy atom. The molecule has 1 saturated heterocycles. The van der Waals surface area contributed by atoms with E-state index in [1.165, 1.54) is 11.8 Å². The molecule has 4 N–H and O–H groups in total. The first-order chi connectivity index (χ1) is 12.8. The van der Waals surface area contributed by atoms with Gasteiger partial charge in [-0.2, -0.15) is 0 Å². The van der Waals surface area contributed by atoms with Crippen molar-refractivity contribution in [2.24, 2.45) is 11.7 Å². The van der Waals surface area contributed by atoms with E-state index in [1.807, 2.05) is 13.8 Å². The molecule has 0 spiro atoms. The minimum atomic E-state index is -0.844. The standard InChI is InChI=1S/C19H34N4O5/c1-11(2)10-13(16(25)21-12(3)15(20)24)22-17(26)14-8-7-9-23(14)18(27)28-19(4,5)6/h11-14H,7-10H2,1-6H3,(H2,20,24)(H,21,25)(H,22,26)/t12-,13+,14-/m1/s1. The smallest absolute Gasteiger partial charge is 0.410 e. The molecule has 0 aromatic carbocycles. The highest BCUT2D eigenvalue weighted by Gasteiger charge is 2.38. The molecule has 0 aromatic heterocycles. The van der Waals surface area contributed by atoms with Crippen molar-refractivity contribution in [1.29, 1.82) is 0 Å². The van der Waals surface area contributed by atoms with Gasteiger partial charge in [0.25, 0.3) is 0 Å². The number of hydrogen-bond acceptors (Lipinski definition) is 5. The van der Waals surface area contributed by atoms with E-state index in [0.717, 1.165) is 0 Å². The van der Waals surface area contributed by atoms with Crippen LogP contribution in [-0.2, 0) is 19.1 Å². The Hall–Kier alpha value is -2.32. The molecule has 3 atom stereocenters. The number of carbonyl (C=O) groups excluding carboxylic acids is 4. The molecule has 0 radical (unpaired) electrons. The van der Waals surface area contributed by atoms with Crippen LogP contribution in [0.5, 0.6) is 0 Å². The Labute approximate surface area is 166 Å². The van der Waals surface area contributed by atoms with Crippen LogP contribution in [0.1, 0.15) is 60.8 Å². The van der Waals surface area contributed by atoms with Crippen LogP contribution in [0.4, 0.5) is 4.79 Å². The lowest BCUT2D eigenvalue weighted by molar-refractivity contribution is -0.133. The number of amides is 4. The van der Waals surface area contributed by atoms with Crippen molar-refractivity contribution in [1.82, 2.24) is 15.5 Å². The summed E-state index contributed by atoms with van der Waals surface area (Å²) in [6, 6.07) is -2.36. The van der Waals surface area contributed by atoms with E-state index in [0.29, 0.717) is 25.8 Å². The lowest BCUT2D eigenvalue weighted by Gasteiger charge is -2.29. The number of likely N-dealkylation sites (tertiary alicyclic amines) is 1. The van der Waals surface area contributed by atoms with Gasteiger partial charge in [0.1, 0.15) is 23.7 Å². The van der Waals surface area contributed by atoms with Gasteiger partial charge < -0.3 is 21.1 Å². The van der Waals surface area contributed by atoms with Crippen LogP contribution >= 0.6 is 0 Å². The van der Waals surface area contributed by atoms with Crippen LogP contribution in [0.2, 0.25) is 0 Å². The van der Waals surface area contributed by atoms with Gasteiger partial charge in [0.2, 0.25) is 17.7 Å². The second-order valence-corrected chi connectivity index (χ2v) is 8.66. The van der Waals surface area contributed by atoms with Gasteiger partial charge in [0.05, 0.1) is 0 Å². The zero-order chi connectivity index (χ0) is 21.6. The third-order valence-electron chi connectivity index (χ3n) is 4.31. The van der Waals surface area contributed by atoms with Gasteiger partial charge in [-0.05, 0) is 52.9 Å². The predicted octanol–water partition coefficient (Wildman–Crippen LogP) is 0.907. The molecular formula is C19H34N4O5. The van der Waals surface area contributed by atoms with Crippen LogP contribution in [0.25, 0.3) is 0 Å². The Morgan fingerprint density at radius 3 is 2.25 bits per heavy atom. The number of rotatable bonds is 7. The summed E-state index contributed by atoms with van der Waals surface area (Å²) in [4.78, 5) is 50.3. The van der Waals surface area contributed by atoms with Crippen molar-refractivity contribution in [3.63, 3.8) is 0 Å². The largest absolute Gasteiger partial charge is 0.444 e. The minimum Gasteiger partial charge on any atom is -0.444 e. The van der Waals surface area contributed by atoms with Crippen molar-refractivity contribution in [2.45, 2.75) is 84.5 Å². The molecule has 9 heteroatoms. The molecule has 1 rings (SSSR count). The molecule has 0 bridgehead atoms. The van der Waals surface area contributed by atoms with E-state index in [4.69, 9.17) is 10.5 Å². The molecular weight excluding hydrogens is 364 g/mol. The molecule has 0 aromatic rings. The Kier molecular flexibility index (Phi) is 8.26. The van der Waals surface area contributed by atoms with Gasteiger partial charge in [0.15, 0.2) is 0 Å². The SMILES string of the molecule is CC(C)C[C@H](NC(=O)[C@H]1CCCN1C(=O)OC(C)(C)C)C(=O)N[C@H](C)C(N)=O. The Balaban J connectivity index is 2.84. The highest BCUT2D eigenvalue weighted by atomic mass is 16.6. The third-order valence-corrected chi connectivity index (χ3v) is 4.31. The van der Waals surface area contributed by atoms with Gasteiger partial charge in [-0.3, -0.25) is 19.3 Å². The monoisotopic (exact) mass is 398 g/mol. The zero-order valence-electron chi connectivity index (χ0n) is 17.7. The fraction of sp³-hybridized carbons (Fsp3) is 0.789. The lowest BCUT2D eigenvalue weighted by Crippen LogP contribution is -2.56. The Bertz CT molecular complexity index is 600. The maximum atomic E-state index is 12.8. The number of hydrogen-bond donors (Lipinski definition) is 3. The third kappa shape index (κ3) is 7.36. The van der Waals surface area contributed by atoms with Crippen LogP contribution in [-0.4, -0.2) is 59.0 Å². The number of nitrogens with zero attached hydrogens (tertiary/aromatic N) is 1. The highest BCUT2D eigenvalue weighted by molar-refractivity contribution is 5.93. The summed E-state index contributed by atoms with van der Waals surface area (Å²) < 4.78 is 5.37. The molecule has 1 fully saturated rings. The zero-order valence-corrected chi connectivity index (χ0v) is 17.7. The first kappa shape index (κ1) is 23.7. The van der Waals surface area contributed by atoms with E-state index < -0.39 is 47.5 Å². The number of nitrogens with one attached hydrogen (secondary N) is 2. The quantitative estimate of drug-likeness (QED) is 0.586. The molecule has 1 aliphatic rings. The summed E-state index contributed by atoms with van der Waals surface area (Å²) in [7, 11) is 0. The van der Waals surface area contributed by atoms with Gasteiger partial charge in [-0.15, -0.1) is 0 Å². The normalized spacial score (nSPS) is 19.1. The van der Waals surface area contributed by atoms with Gasteiger partial charge >= 0.3 is 6.09 Å². The van der Waals surface area contributed by atoms with E-state index in [1.54, 1.807) is 20.8 Å². The summed E-state index contributed by atoms with van der Waals surface area (Å²) in [6.07, 6.45) is 1.02. The average molecular weight is 399 g/mol. The molecule has 0 saturated carbocycles. The van der Waals surface area contributed by atoms with Gasteiger partial charge in [-0.1, -0.05) is 13.8 Å².